The van der Waals surface area contributed by atoms with Gasteiger partial charge in [-0.15, -0.1) is 0 Å². The van der Waals surface area contributed by atoms with Crippen LogP contribution in [0.25, 0.3) is 0 Å². The molecule has 0 saturated carbocycles. The normalized spacial score (nSPS) is 23.9. The fourth-order valence-corrected chi connectivity index (χ4v) is 2.82. The Morgan fingerprint density at radius 2 is 2.21 bits per heavy atom. The molecule has 1 heterocycles. The highest BCUT2D eigenvalue weighted by Gasteiger charge is 2.31. The van der Waals surface area contributed by atoms with E-state index in [1.807, 2.05) is 18.2 Å². The topological polar surface area (TPSA) is 41.3 Å². The van der Waals surface area contributed by atoms with E-state index in [1.165, 1.54) is 12.0 Å². The number of rotatable bonds is 6. The van der Waals surface area contributed by atoms with Crippen LogP contribution in [-0.2, 0) is 6.42 Å². The summed E-state index contributed by atoms with van der Waals surface area (Å²) in [7, 11) is 0. The Bertz CT molecular complexity index is 410. The van der Waals surface area contributed by atoms with Gasteiger partial charge in [0.05, 0.1) is 0 Å². The lowest BCUT2D eigenvalue weighted by molar-refractivity contribution is 0.264. The van der Waals surface area contributed by atoms with Crippen LogP contribution in [0, 0.1) is 5.41 Å². The molecule has 19 heavy (non-hydrogen) atoms. The average molecular weight is 282 g/mol. The van der Waals surface area contributed by atoms with Gasteiger partial charge in [0.25, 0.3) is 0 Å². The third-order valence-corrected chi connectivity index (χ3v) is 4.36. The van der Waals surface area contributed by atoms with Crippen LogP contribution in [0.4, 0.5) is 0 Å². The number of nitrogens with one attached hydrogen (secondary N) is 1. The fraction of sp³-hybridized carbons (Fsp3) is 0.600. The molecule has 1 aliphatic heterocycles. The molecule has 3 nitrogen and oxygen atoms in total. The lowest BCUT2D eigenvalue weighted by Crippen LogP contribution is -2.36. The molecule has 0 amide bonds. The van der Waals surface area contributed by atoms with E-state index in [-0.39, 0.29) is 0 Å². The van der Waals surface area contributed by atoms with Crippen LogP contribution in [-0.4, -0.2) is 37.7 Å². The summed E-state index contributed by atoms with van der Waals surface area (Å²) in [6.45, 7) is 7.20. The van der Waals surface area contributed by atoms with Gasteiger partial charge in [0.2, 0.25) is 0 Å². The van der Waals surface area contributed by atoms with Crippen molar-refractivity contribution in [3.8, 4) is 0 Å². The maximum atomic E-state index is 6.13. The second kappa shape index (κ2) is 6.71. The van der Waals surface area contributed by atoms with Gasteiger partial charge in [-0.25, -0.2) is 0 Å². The Morgan fingerprint density at radius 3 is 2.89 bits per heavy atom. The molecule has 1 aliphatic rings. The van der Waals surface area contributed by atoms with E-state index >= 15 is 0 Å². The monoisotopic (exact) mass is 281 g/mol. The summed E-state index contributed by atoms with van der Waals surface area (Å²) in [6, 6.07) is 8.04. The van der Waals surface area contributed by atoms with Crippen LogP contribution >= 0.6 is 11.6 Å². The van der Waals surface area contributed by atoms with E-state index in [2.05, 4.69) is 23.2 Å². The molecule has 0 aromatic heterocycles. The van der Waals surface area contributed by atoms with E-state index < -0.39 is 0 Å². The van der Waals surface area contributed by atoms with Crippen molar-refractivity contribution in [1.29, 1.82) is 0 Å². The van der Waals surface area contributed by atoms with Crippen LogP contribution in [0.3, 0.4) is 0 Å². The molecule has 1 saturated heterocycles. The van der Waals surface area contributed by atoms with Crippen molar-refractivity contribution < 1.29 is 0 Å². The first-order chi connectivity index (χ1) is 9.13. The summed E-state index contributed by atoms with van der Waals surface area (Å²) in [4.78, 5) is 2.44. The molecule has 0 radical (unpaired) electrons. The Labute approximate surface area is 121 Å². The van der Waals surface area contributed by atoms with Crippen LogP contribution < -0.4 is 11.1 Å². The Hall–Kier alpha value is -0.610. The van der Waals surface area contributed by atoms with Gasteiger partial charge < -0.3 is 11.1 Å². The minimum absolute atomic E-state index is 0.310. The van der Waals surface area contributed by atoms with E-state index in [0.29, 0.717) is 5.41 Å². The van der Waals surface area contributed by atoms with Crippen LogP contribution in [0.15, 0.2) is 24.3 Å². The third kappa shape index (κ3) is 4.18. The van der Waals surface area contributed by atoms with Crippen LogP contribution in [0.1, 0.15) is 18.9 Å². The minimum Gasteiger partial charge on any atom is -0.330 e. The van der Waals surface area contributed by atoms with Crippen molar-refractivity contribution in [2.45, 2.75) is 19.8 Å². The molecule has 1 aromatic carbocycles. The summed E-state index contributed by atoms with van der Waals surface area (Å²) in [6.07, 6.45) is 2.18. The van der Waals surface area contributed by atoms with Gasteiger partial charge in [-0.3, -0.25) is 4.90 Å². The lowest BCUT2D eigenvalue weighted by atomic mass is 9.90. The molecule has 1 fully saturated rings. The SMILES string of the molecule is CC1(CN)CCN(CNCCc2ccccc2Cl)C1. The molecule has 1 aromatic rings. The van der Waals surface area contributed by atoms with E-state index in [0.717, 1.165) is 44.3 Å². The number of likely N-dealkylation sites (tertiary alicyclic amines) is 1. The summed E-state index contributed by atoms with van der Waals surface area (Å²) < 4.78 is 0. The van der Waals surface area contributed by atoms with Crippen molar-refractivity contribution in [3.05, 3.63) is 34.9 Å². The summed E-state index contributed by atoms with van der Waals surface area (Å²) in [5.41, 5.74) is 7.34. The largest absolute Gasteiger partial charge is 0.330 e. The Morgan fingerprint density at radius 1 is 1.42 bits per heavy atom. The second-order valence-electron chi connectivity index (χ2n) is 5.82. The molecule has 2 rings (SSSR count). The van der Waals surface area contributed by atoms with E-state index in [9.17, 15) is 0 Å². The quantitative estimate of drug-likeness (QED) is 0.785. The van der Waals surface area contributed by atoms with Crippen LogP contribution in [0.5, 0.6) is 0 Å². The zero-order valence-electron chi connectivity index (χ0n) is 11.7. The zero-order chi connectivity index (χ0) is 13.7. The number of hydrogen-bond acceptors (Lipinski definition) is 3. The fourth-order valence-electron chi connectivity index (χ4n) is 2.59. The standard InChI is InChI=1S/C15H24ClN3/c1-15(10-17)7-9-19(11-15)12-18-8-6-13-4-2-3-5-14(13)16/h2-5,18H,6-12,17H2,1H3. The summed E-state index contributed by atoms with van der Waals surface area (Å²) in [5, 5.41) is 4.35. The van der Waals surface area contributed by atoms with Gasteiger partial charge in [0, 0.05) is 31.3 Å². The van der Waals surface area contributed by atoms with Gasteiger partial charge in [-0.05, 0) is 36.4 Å². The van der Waals surface area contributed by atoms with Gasteiger partial charge >= 0.3 is 0 Å². The Kier molecular flexibility index (Phi) is 5.22. The van der Waals surface area contributed by atoms with Crippen molar-refractivity contribution in [3.63, 3.8) is 0 Å². The number of benzene rings is 1. The van der Waals surface area contributed by atoms with Gasteiger partial charge in [0.15, 0.2) is 0 Å². The smallest absolute Gasteiger partial charge is 0.0480 e. The zero-order valence-corrected chi connectivity index (χ0v) is 12.4. The molecule has 4 heteroatoms. The highest BCUT2D eigenvalue weighted by molar-refractivity contribution is 6.31. The highest BCUT2D eigenvalue weighted by Crippen LogP contribution is 2.27. The van der Waals surface area contributed by atoms with Crippen molar-refractivity contribution in [2.75, 3.05) is 32.8 Å². The number of hydrogen-bond donors (Lipinski definition) is 2. The third-order valence-electron chi connectivity index (χ3n) is 3.99. The van der Waals surface area contributed by atoms with Crippen molar-refractivity contribution in [1.82, 2.24) is 10.2 Å². The van der Waals surface area contributed by atoms with Crippen LogP contribution in [0.2, 0.25) is 5.02 Å². The number of nitrogens with zero attached hydrogens (tertiary/aromatic N) is 1. The minimum atomic E-state index is 0.310. The summed E-state index contributed by atoms with van der Waals surface area (Å²) in [5.74, 6) is 0. The highest BCUT2D eigenvalue weighted by atomic mass is 35.5. The number of nitrogens with two attached hydrogens (primary N) is 1. The van der Waals surface area contributed by atoms with E-state index in [1.54, 1.807) is 0 Å². The lowest BCUT2D eigenvalue weighted by Gasteiger charge is -2.22. The van der Waals surface area contributed by atoms with E-state index in [4.69, 9.17) is 17.3 Å². The molecular weight excluding hydrogens is 258 g/mol. The number of halogens is 1. The van der Waals surface area contributed by atoms with Crippen molar-refractivity contribution in [2.24, 2.45) is 11.1 Å². The molecule has 1 unspecified atom stereocenters. The van der Waals surface area contributed by atoms with Gasteiger partial charge in [-0.2, -0.15) is 0 Å². The first-order valence-electron chi connectivity index (χ1n) is 6.99. The first kappa shape index (κ1) is 14.8. The molecule has 106 valence electrons. The molecule has 0 spiro atoms. The molecule has 3 N–H and O–H groups in total. The molecule has 1 atom stereocenters. The maximum absolute atomic E-state index is 6.13. The first-order valence-corrected chi connectivity index (χ1v) is 7.37. The predicted molar refractivity (Wildman–Crippen MR) is 81.4 cm³/mol. The maximum Gasteiger partial charge on any atom is 0.0480 e. The Balaban J connectivity index is 1.67. The molecule has 0 aliphatic carbocycles. The molecule has 0 bridgehead atoms. The average Bonchev–Trinajstić information content (AvgIpc) is 2.79. The van der Waals surface area contributed by atoms with Gasteiger partial charge in [-0.1, -0.05) is 36.7 Å². The predicted octanol–water partition coefficient (Wildman–Crippen LogP) is 2.10. The van der Waals surface area contributed by atoms with Gasteiger partial charge in [0.1, 0.15) is 0 Å². The summed E-state index contributed by atoms with van der Waals surface area (Å²) >= 11 is 6.13. The molecular formula is C15H24ClN3. The second-order valence-corrected chi connectivity index (χ2v) is 6.22. The van der Waals surface area contributed by atoms with Crippen molar-refractivity contribution >= 4 is 11.6 Å².